The molecular formula is C31H49N3O6. The zero-order chi connectivity index (χ0) is 29.6. The SMILES string of the molecule is CC(=O)C(=O)C(CC1CCC1)NC(=O)C1C2C(CN1C(=O)C(NC(=O)OC1(C)CCCCC1)C(C)(C)C)C2(C)C. The van der Waals surface area contributed by atoms with Crippen molar-refractivity contribution >= 4 is 29.5 Å². The van der Waals surface area contributed by atoms with Crippen molar-refractivity contribution in [1.29, 1.82) is 0 Å². The van der Waals surface area contributed by atoms with Crippen LogP contribution >= 0.6 is 0 Å². The van der Waals surface area contributed by atoms with Crippen molar-refractivity contribution in [3.05, 3.63) is 0 Å². The van der Waals surface area contributed by atoms with Gasteiger partial charge in [-0.15, -0.1) is 0 Å². The van der Waals surface area contributed by atoms with Gasteiger partial charge in [-0.2, -0.15) is 0 Å². The highest BCUT2D eigenvalue weighted by molar-refractivity contribution is 6.38. The van der Waals surface area contributed by atoms with Gasteiger partial charge >= 0.3 is 6.09 Å². The Bertz CT molecular complexity index is 1040. The van der Waals surface area contributed by atoms with E-state index in [0.717, 1.165) is 51.4 Å². The molecule has 5 atom stereocenters. The van der Waals surface area contributed by atoms with E-state index in [1.165, 1.54) is 6.92 Å². The summed E-state index contributed by atoms with van der Waals surface area (Å²) in [6.45, 7) is 13.4. The number of hydrogen-bond acceptors (Lipinski definition) is 6. The standard InChI is InChI=1S/C31H49N3O6/c1-18(35)24(36)21(16-19-12-11-13-19)32-26(37)23-22-20(30(22,5)6)17-34(23)27(38)25(29(2,3)4)33-28(39)40-31(7)14-9-8-10-15-31/h19-23,25H,8-17H2,1-7H3,(H,32,37)(H,33,39). The van der Waals surface area contributed by atoms with Gasteiger partial charge < -0.3 is 20.3 Å². The average molecular weight is 560 g/mol. The van der Waals surface area contributed by atoms with Gasteiger partial charge in [0.1, 0.15) is 17.7 Å². The minimum absolute atomic E-state index is 0.0537. The zero-order valence-corrected chi connectivity index (χ0v) is 25.4. The second-order valence-electron chi connectivity index (χ2n) is 14.7. The Balaban J connectivity index is 1.52. The number of nitrogens with one attached hydrogen (secondary N) is 2. The fourth-order valence-corrected chi connectivity index (χ4v) is 7.20. The van der Waals surface area contributed by atoms with Gasteiger partial charge in [-0.3, -0.25) is 19.2 Å². The normalized spacial score (nSPS) is 28.4. The number of carbonyl (C=O) groups excluding carboxylic acids is 5. The van der Waals surface area contributed by atoms with Gasteiger partial charge in [0, 0.05) is 13.5 Å². The lowest BCUT2D eigenvalue weighted by molar-refractivity contribution is -0.145. The van der Waals surface area contributed by atoms with E-state index >= 15 is 0 Å². The Labute approximate surface area is 238 Å². The molecule has 5 unspecified atom stereocenters. The molecule has 1 saturated heterocycles. The van der Waals surface area contributed by atoms with E-state index in [0.29, 0.717) is 18.9 Å². The molecule has 0 radical (unpaired) electrons. The highest BCUT2D eigenvalue weighted by Crippen LogP contribution is 2.65. The Kier molecular flexibility index (Phi) is 8.46. The van der Waals surface area contributed by atoms with Crippen LogP contribution in [0.1, 0.15) is 106 Å². The van der Waals surface area contributed by atoms with Crippen LogP contribution in [0.15, 0.2) is 0 Å². The van der Waals surface area contributed by atoms with Crippen molar-refractivity contribution in [2.45, 2.75) is 130 Å². The van der Waals surface area contributed by atoms with Gasteiger partial charge in [0.2, 0.25) is 17.6 Å². The molecule has 0 spiro atoms. The summed E-state index contributed by atoms with van der Waals surface area (Å²) in [6.07, 6.45) is 7.60. The Hall–Kier alpha value is -2.45. The predicted octanol–water partition coefficient (Wildman–Crippen LogP) is 4.17. The van der Waals surface area contributed by atoms with Gasteiger partial charge in [-0.25, -0.2) is 4.79 Å². The summed E-state index contributed by atoms with van der Waals surface area (Å²) in [7, 11) is 0. The summed E-state index contributed by atoms with van der Waals surface area (Å²) in [5, 5.41) is 5.73. The summed E-state index contributed by atoms with van der Waals surface area (Å²) in [5.74, 6) is -1.47. The van der Waals surface area contributed by atoms with Gasteiger partial charge in [0.05, 0.1) is 6.04 Å². The summed E-state index contributed by atoms with van der Waals surface area (Å²) < 4.78 is 5.84. The molecule has 0 aromatic rings. The summed E-state index contributed by atoms with van der Waals surface area (Å²) >= 11 is 0. The predicted molar refractivity (Wildman–Crippen MR) is 150 cm³/mol. The number of alkyl carbamates (subject to hydrolysis) is 1. The zero-order valence-electron chi connectivity index (χ0n) is 25.4. The number of nitrogens with zero attached hydrogens (tertiary/aromatic N) is 1. The number of rotatable bonds is 9. The molecule has 0 aromatic carbocycles. The van der Waals surface area contributed by atoms with Crippen LogP contribution in [-0.4, -0.2) is 64.6 Å². The summed E-state index contributed by atoms with van der Waals surface area (Å²) in [4.78, 5) is 67.3. The van der Waals surface area contributed by atoms with Crippen LogP contribution in [0, 0.1) is 28.6 Å². The number of hydrogen-bond donors (Lipinski definition) is 2. The molecule has 1 aliphatic heterocycles. The highest BCUT2D eigenvalue weighted by Gasteiger charge is 2.70. The van der Waals surface area contributed by atoms with Crippen molar-refractivity contribution in [2.24, 2.45) is 28.6 Å². The number of fused-ring (bicyclic) bond motifs is 1. The van der Waals surface area contributed by atoms with Crippen molar-refractivity contribution in [3.63, 3.8) is 0 Å². The number of carbonyl (C=O) groups is 5. The molecule has 3 saturated carbocycles. The summed E-state index contributed by atoms with van der Waals surface area (Å²) in [5.41, 5.74) is -1.30. The highest BCUT2D eigenvalue weighted by atomic mass is 16.6. The van der Waals surface area contributed by atoms with Crippen LogP contribution in [-0.2, 0) is 23.9 Å². The number of piperidine rings is 1. The van der Waals surface area contributed by atoms with Crippen LogP contribution in [0.25, 0.3) is 0 Å². The van der Waals surface area contributed by atoms with E-state index in [-0.39, 0.29) is 23.2 Å². The minimum Gasteiger partial charge on any atom is -0.443 e. The molecule has 9 heteroatoms. The number of ketones is 2. The molecule has 3 amide bonds. The molecule has 0 aromatic heterocycles. The minimum atomic E-state index is -0.896. The van der Waals surface area contributed by atoms with Gasteiger partial charge in [-0.1, -0.05) is 60.3 Å². The maximum atomic E-state index is 14.1. The Morgan fingerprint density at radius 3 is 2.10 bits per heavy atom. The first-order valence-corrected chi connectivity index (χ1v) is 15.2. The van der Waals surface area contributed by atoms with Crippen LogP contribution < -0.4 is 10.6 Å². The van der Waals surface area contributed by atoms with E-state index in [1.54, 1.807) is 4.90 Å². The molecule has 9 nitrogen and oxygen atoms in total. The smallest absolute Gasteiger partial charge is 0.408 e. The number of likely N-dealkylation sites (tertiary alicyclic amines) is 1. The average Bonchev–Trinajstić information content (AvgIpc) is 3.14. The van der Waals surface area contributed by atoms with Crippen molar-refractivity contribution in [3.8, 4) is 0 Å². The second-order valence-corrected chi connectivity index (χ2v) is 14.7. The fraction of sp³-hybridized carbons (Fsp3) is 0.839. The molecule has 224 valence electrons. The molecule has 4 rings (SSSR count). The number of Topliss-reactive ketones (excluding diaryl/α,β-unsaturated/α-hetero) is 2. The maximum Gasteiger partial charge on any atom is 0.408 e. The second kappa shape index (κ2) is 11.1. The monoisotopic (exact) mass is 559 g/mol. The lowest BCUT2D eigenvalue weighted by atomic mass is 9.79. The molecule has 4 fully saturated rings. The number of ether oxygens (including phenoxy) is 1. The maximum absolute atomic E-state index is 14.1. The van der Waals surface area contributed by atoms with Gasteiger partial charge in [0.15, 0.2) is 5.78 Å². The van der Waals surface area contributed by atoms with Crippen LogP contribution in [0.3, 0.4) is 0 Å². The molecule has 2 N–H and O–H groups in total. The summed E-state index contributed by atoms with van der Waals surface area (Å²) in [6, 6.07) is -2.54. The van der Waals surface area contributed by atoms with E-state index in [2.05, 4.69) is 24.5 Å². The first kappa shape index (κ1) is 30.5. The third kappa shape index (κ3) is 6.23. The molecule has 3 aliphatic carbocycles. The van der Waals surface area contributed by atoms with Gasteiger partial charge in [0.25, 0.3) is 0 Å². The third-order valence-electron chi connectivity index (χ3n) is 10.2. The van der Waals surface area contributed by atoms with Crippen LogP contribution in [0.5, 0.6) is 0 Å². The number of amides is 3. The quantitative estimate of drug-likeness (QED) is 0.409. The van der Waals surface area contributed by atoms with E-state index in [4.69, 9.17) is 4.74 Å². The van der Waals surface area contributed by atoms with E-state index < -0.39 is 52.7 Å². The first-order chi connectivity index (χ1) is 18.5. The van der Waals surface area contributed by atoms with E-state index in [1.807, 2.05) is 27.7 Å². The lowest BCUT2D eigenvalue weighted by Gasteiger charge is -2.39. The first-order valence-electron chi connectivity index (χ1n) is 15.2. The van der Waals surface area contributed by atoms with Crippen LogP contribution in [0.2, 0.25) is 0 Å². The fourth-order valence-electron chi connectivity index (χ4n) is 7.20. The molecular weight excluding hydrogens is 510 g/mol. The third-order valence-corrected chi connectivity index (χ3v) is 10.2. The largest absolute Gasteiger partial charge is 0.443 e. The van der Waals surface area contributed by atoms with Crippen molar-refractivity contribution in [1.82, 2.24) is 15.5 Å². The molecule has 0 bridgehead atoms. The molecule has 4 aliphatic rings. The Morgan fingerprint density at radius 1 is 0.950 bits per heavy atom. The lowest BCUT2D eigenvalue weighted by Crippen LogP contribution is -2.60. The van der Waals surface area contributed by atoms with Gasteiger partial charge in [-0.05, 0) is 67.6 Å². The molecule has 40 heavy (non-hydrogen) atoms. The van der Waals surface area contributed by atoms with Crippen LogP contribution in [0.4, 0.5) is 4.79 Å². The molecule has 1 heterocycles. The Morgan fingerprint density at radius 2 is 1.57 bits per heavy atom. The van der Waals surface area contributed by atoms with E-state index in [9.17, 15) is 24.0 Å². The topological polar surface area (TPSA) is 122 Å². The van der Waals surface area contributed by atoms with Crippen molar-refractivity contribution < 1.29 is 28.7 Å². The van der Waals surface area contributed by atoms with Crippen molar-refractivity contribution in [2.75, 3.05) is 6.54 Å².